The number of carbonyl (C=O) groups is 2. The summed E-state index contributed by atoms with van der Waals surface area (Å²) < 4.78 is 47.1. The smallest absolute Gasteiger partial charge is 0.413 e. The summed E-state index contributed by atoms with van der Waals surface area (Å²) in [5, 5.41) is 14.9. The van der Waals surface area contributed by atoms with Crippen LogP contribution in [0.2, 0.25) is 0 Å². The van der Waals surface area contributed by atoms with Gasteiger partial charge < -0.3 is 14.8 Å². The summed E-state index contributed by atoms with van der Waals surface area (Å²) in [6, 6.07) is -1.38. The van der Waals surface area contributed by atoms with Gasteiger partial charge in [-0.2, -0.15) is 18.3 Å². The van der Waals surface area contributed by atoms with E-state index in [4.69, 9.17) is 9.52 Å². The van der Waals surface area contributed by atoms with Gasteiger partial charge in [0.25, 0.3) is 5.91 Å². The van der Waals surface area contributed by atoms with Crippen LogP contribution in [0.1, 0.15) is 56.6 Å². The molecule has 7 nitrogen and oxygen atoms in total. The quantitative estimate of drug-likeness (QED) is 0.840. The Hall–Kier alpha value is -2.78. The van der Waals surface area contributed by atoms with Crippen LogP contribution in [0.25, 0.3) is 0 Å². The minimum absolute atomic E-state index is 0.0138. The first-order valence-corrected chi connectivity index (χ1v) is 7.71. The Morgan fingerprint density at radius 1 is 1.38 bits per heavy atom. The maximum Gasteiger partial charge on any atom is 0.413 e. The van der Waals surface area contributed by atoms with Crippen LogP contribution >= 0.6 is 0 Å². The summed E-state index contributed by atoms with van der Waals surface area (Å²) in [6.07, 6.45) is -4.59. The molecule has 1 amide bonds. The van der Waals surface area contributed by atoms with Gasteiger partial charge in [0.1, 0.15) is 11.3 Å². The van der Waals surface area contributed by atoms with Gasteiger partial charge in [0.15, 0.2) is 11.8 Å². The number of alkyl halides is 3. The van der Waals surface area contributed by atoms with Crippen LogP contribution in [0.4, 0.5) is 13.2 Å². The van der Waals surface area contributed by atoms with Gasteiger partial charge >= 0.3 is 12.1 Å². The highest BCUT2D eigenvalue weighted by Gasteiger charge is 2.45. The lowest BCUT2D eigenvalue weighted by Gasteiger charge is -2.22. The molecule has 0 spiro atoms. The van der Waals surface area contributed by atoms with Crippen molar-refractivity contribution in [2.75, 3.05) is 0 Å². The number of aryl methyl sites for hydroxylation is 3. The van der Waals surface area contributed by atoms with Crippen molar-refractivity contribution in [3.05, 3.63) is 40.1 Å². The fraction of sp³-hybridized carbons (Fsp3) is 0.438. The molecule has 0 radical (unpaired) electrons. The van der Waals surface area contributed by atoms with Crippen LogP contribution in [0.3, 0.4) is 0 Å². The second-order valence-corrected chi connectivity index (χ2v) is 5.76. The Bertz CT molecular complexity index is 852. The lowest BCUT2D eigenvalue weighted by atomic mass is 10.0. The molecule has 0 bridgehead atoms. The van der Waals surface area contributed by atoms with E-state index in [1.165, 1.54) is 25.6 Å². The zero-order valence-electron chi connectivity index (χ0n) is 14.6. The first-order valence-electron chi connectivity index (χ1n) is 7.71. The number of nitrogens with zero attached hydrogens (tertiary/aromatic N) is 2. The molecule has 0 aliphatic heterocycles. The van der Waals surface area contributed by atoms with Gasteiger partial charge in [-0.15, -0.1) is 0 Å². The average Bonchev–Trinajstić information content (AvgIpc) is 3.06. The van der Waals surface area contributed by atoms with E-state index in [-0.39, 0.29) is 34.7 Å². The fourth-order valence-electron chi connectivity index (χ4n) is 2.71. The zero-order valence-corrected chi connectivity index (χ0v) is 14.6. The summed E-state index contributed by atoms with van der Waals surface area (Å²) in [5.41, 5.74) is -0.0263. The molecule has 26 heavy (non-hydrogen) atoms. The van der Waals surface area contributed by atoms with Gasteiger partial charge in [0.2, 0.25) is 0 Å². The number of hydrogen-bond acceptors (Lipinski definition) is 4. The summed E-state index contributed by atoms with van der Waals surface area (Å²) in [4.78, 5) is 23.4. The lowest BCUT2D eigenvalue weighted by Crippen LogP contribution is -2.38. The Morgan fingerprint density at radius 2 is 2.00 bits per heavy atom. The molecule has 0 saturated carbocycles. The van der Waals surface area contributed by atoms with Crippen molar-refractivity contribution in [3.8, 4) is 0 Å². The molecule has 0 saturated heterocycles. The molecule has 1 unspecified atom stereocenters. The molecule has 2 aromatic heterocycles. The third kappa shape index (κ3) is 3.58. The van der Waals surface area contributed by atoms with Crippen molar-refractivity contribution < 1.29 is 32.3 Å². The van der Waals surface area contributed by atoms with Crippen LogP contribution in [0, 0.1) is 13.8 Å². The number of amides is 1. The van der Waals surface area contributed by atoms with E-state index >= 15 is 0 Å². The van der Waals surface area contributed by atoms with Crippen LogP contribution in [-0.2, 0) is 13.5 Å². The number of furan rings is 1. The van der Waals surface area contributed by atoms with Gasteiger partial charge in [0, 0.05) is 30.8 Å². The first kappa shape index (κ1) is 19.5. The number of nitrogens with one attached hydrogen (secondary N) is 1. The van der Waals surface area contributed by atoms with Crippen LogP contribution < -0.4 is 5.32 Å². The molecule has 0 fully saturated rings. The third-order valence-corrected chi connectivity index (χ3v) is 4.04. The summed E-state index contributed by atoms with van der Waals surface area (Å²) >= 11 is 0. The number of carboxylic acids is 1. The molecule has 0 aromatic carbocycles. The first-order chi connectivity index (χ1) is 12.0. The maximum atomic E-state index is 13.6. The predicted molar refractivity (Wildman–Crippen MR) is 84.0 cm³/mol. The Kier molecular flexibility index (Phi) is 5.15. The van der Waals surface area contributed by atoms with E-state index in [1.807, 2.05) is 5.32 Å². The number of carbonyl (C=O) groups excluding carboxylic acids is 1. The number of hydrogen-bond donors (Lipinski definition) is 2. The van der Waals surface area contributed by atoms with Gasteiger partial charge in [-0.05, 0) is 13.8 Å². The molecule has 142 valence electrons. The number of aromatic carboxylic acids is 1. The van der Waals surface area contributed by atoms with E-state index in [1.54, 1.807) is 6.92 Å². The molecule has 2 N–H and O–H groups in total. The minimum atomic E-state index is -4.77. The van der Waals surface area contributed by atoms with Crippen molar-refractivity contribution in [1.29, 1.82) is 0 Å². The molecule has 0 aliphatic rings. The summed E-state index contributed by atoms with van der Waals surface area (Å²) in [7, 11) is 1.50. The zero-order chi connectivity index (χ0) is 19.8. The second kappa shape index (κ2) is 6.85. The van der Waals surface area contributed by atoms with E-state index in [2.05, 4.69) is 5.10 Å². The van der Waals surface area contributed by atoms with Gasteiger partial charge in [-0.3, -0.25) is 9.48 Å². The topological polar surface area (TPSA) is 97.4 Å². The molecular weight excluding hydrogens is 355 g/mol. The molecular formula is C16H18F3N3O4. The Labute approximate surface area is 146 Å². The van der Waals surface area contributed by atoms with Crippen molar-refractivity contribution in [2.45, 2.75) is 39.4 Å². The fourth-order valence-corrected chi connectivity index (χ4v) is 2.71. The van der Waals surface area contributed by atoms with Crippen LogP contribution in [0.5, 0.6) is 0 Å². The highest BCUT2D eigenvalue weighted by atomic mass is 19.4. The van der Waals surface area contributed by atoms with E-state index < -0.39 is 29.9 Å². The number of aromatic nitrogens is 2. The van der Waals surface area contributed by atoms with Crippen molar-refractivity contribution >= 4 is 11.9 Å². The number of halogens is 3. The van der Waals surface area contributed by atoms with Crippen molar-refractivity contribution in [3.63, 3.8) is 0 Å². The third-order valence-electron chi connectivity index (χ3n) is 4.04. The number of rotatable bonds is 5. The molecule has 0 aliphatic carbocycles. The number of carboxylic acid groups (broad SMARTS) is 1. The van der Waals surface area contributed by atoms with Gasteiger partial charge in [-0.1, -0.05) is 6.92 Å². The van der Waals surface area contributed by atoms with Crippen LogP contribution in [0.15, 0.2) is 10.5 Å². The largest absolute Gasteiger partial charge is 0.478 e. The molecule has 1 atom stereocenters. The van der Waals surface area contributed by atoms with Crippen LogP contribution in [-0.4, -0.2) is 32.9 Å². The van der Waals surface area contributed by atoms with E-state index in [0.717, 1.165) is 6.07 Å². The average molecular weight is 373 g/mol. The van der Waals surface area contributed by atoms with Gasteiger partial charge in [-0.25, -0.2) is 4.79 Å². The van der Waals surface area contributed by atoms with Crippen molar-refractivity contribution in [1.82, 2.24) is 15.1 Å². The molecule has 2 heterocycles. The standard InChI is InChI=1S/C16H18F3N3O4/c1-5-10-9(15(24)25)6-11(26-10)14(23)20-13(16(17,18)19)12-7(2)21-22(4)8(12)3/h6,13H,5H2,1-4H3,(H,20,23)(H,24,25). The lowest BCUT2D eigenvalue weighted by molar-refractivity contribution is -0.155. The van der Waals surface area contributed by atoms with Crippen molar-refractivity contribution in [2.24, 2.45) is 7.05 Å². The summed E-state index contributed by atoms with van der Waals surface area (Å²) in [5.74, 6) is -2.96. The minimum Gasteiger partial charge on any atom is -0.478 e. The summed E-state index contributed by atoms with van der Waals surface area (Å²) in [6.45, 7) is 4.48. The highest BCUT2D eigenvalue weighted by molar-refractivity contribution is 5.96. The monoisotopic (exact) mass is 373 g/mol. The molecule has 10 heteroatoms. The normalized spacial score (nSPS) is 12.9. The SMILES string of the molecule is CCc1oc(C(=O)NC(c2c(C)nn(C)c2C)C(F)(F)F)cc1C(=O)O. The van der Waals surface area contributed by atoms with E-state index in [9.17, 15) is 22.8 Å². The predicted octanol–water partition coefficient (Wildman–Crippen LogP) is 2.92. The second-order valence-electron chi connectivity index (χ2n) is 5.76. The van der Waals surface area contributed by atoms with E-state index in [0.29, 0.717) is 0 Å². The maximum absolute atomic E-state index is 13.6. The molecule has 2 rings (SSSR count). The van der Waals surface area contributed by atoms with Gasteiger partial charge in [0.05, 0.1) is 5.69 Å². The highest BCUT2D eigenvalue weighted by Crippen LogP contribution is 2.36. The Morgan fingerprint density at radius 3 is 2.38 bits per heavy atom. The Balaban J connectivity index is 2.41. The molecule has 2 aromatic rings.